The Morgan fingerprint density at radius 3 is 2.86 bits per heavy atom. The number of nitrogens with one attached hydrogen (secondary N) is 2. The maximum absolute atomic E-state index is 11.2. The van der Waals surface area contributed by atoms with Crippen LogP contribution in [0.2, 0.25) is 0 Å². The zero-order valence-corrected chi connectivity index (χ0v) is 9.01. The molecule has 2 unspecified atom stereocenters. The maximum Gasteiger partial charge on any atom is 0.233 e. The summed E-state index contributed by atoms with van der Waals surface area (Å²) in [5.41, 5.74) is 0. The van der Waals surface area contributed by atoms with Crippen LogP contribution >= 0.6 is 0 Å². The van der Waals surface area contributed by atoms with Crippen molar-refractivity contribution in [1.82, 2.24) is 10.6 Å². The van der Waals surface area contributed by atoms with Crippen LogP contribution in [0.15, 0.2) is 0 Å². The van der Waals surface area contributed by atoms with Crippen LogP contribution in [0.25, 0.3) is 0 Å². The molecule has 2 N–H and O–H groups in total. The third kappa shape index (κ3) is 4.58. The highest BCUT2D eigenvalue weighted by molar-refractivity contribution is 5.77. The third-order valence-corrected chi connectivity index (χ3v) is 2.61. The van der Waals surface area contributed by atoms with Gasteiger partial charge in [-0.15, -0.1) is 0 Å². The first kappa shape index (κ1) is 11.5. The Labute approximate surface area is 85.4 Å². The molecule has 0 heterocycles. The van der Waals surface area contributed by atoms with Gasteiger partial charge in [0, 0.05) is 20.2 Å². The Morgan fingerprint density at radius 2 is 2.29 bits per heavy atom. The number of carbonyl (C=O) groups excluding carboxylic acids is 1. The Kier molecular flexibility index (Phi) is 4.90. The van der Waals surface area contributed by atoms with Gasteiger partial charge in [0.15, 0.2) is 0 Å². The maximum atomic E-state index is 11.2. The zero-order chi connectivity index (χ0) is 10.4. The van der Waals surface area contributed by atoms with Crippen LogP contribution in [0.5, 0.6) is 0 Å². The second-order valence-electron chi connectivity index (χ2n) is 3.95. The highest BCUT2D eigenvalue weighted by Crippen LogP contribution is 2.36. The average Bonchev–Trinajstić information content (AvgIpc) is 2.86. The number of rotatable bonds is 7. The fraction of sp³-hybridized carbons (Fsp3) is 0.900. The van der Waals surface area contributed by atoms with Crippen molar-refractivity contribution in [1.29, 1.82) is 0 Å². The molecule has 0 saturated heterocycles. The Balaban J connectivity index is 1.88. The topological polar surface area (TPSA) is 50.4 Å². The summed E-state index contributed by atoms with van der Waals surface area (Å²) in [7, 11) is 1.65. The van der Waals surface area contributed by atoms with Crippen molar-refractivity contribution in [3.05, 3.63) is 0 Å². The monoisotopic (exact) mass is 200 g/mol. The van der Waals surface area contributed by atoms with Gasteiger partial charge >= 0.3 is 0 Å². The SMILES string of the molecule is COCCNCC(=O)NCC1CC1C. The summed E-state index contributed by atoms with van der Waals surface area (Å²) in [6.45, 7) is 4.82. The average molecular weight is 200 g/mol. The molecule has 1 saturated carbocycles. The van der Waals surface area contributed by atoms with Crippen LogP contribution in [-0.4, -0.2) is 39.3 Å². The van der Waals surface area contributed by atoms with E-state index >= 15 is 0 Å². The summed E-state index contributed by atoms with van der Waals surface area (Å²) < 4.78 is 4.85. The van der Waals surface area contributed by atoms with Gasteiger partial charge in [-0.2, -0.15) is 0 Å². The second kappa shape index (κ2) is 5.98. The molecule has 2 atom stereocenters. The van der Waals surface area contributed by atoms with Crippen molar-refractivity contribution in [2.75, 3.05) is 33.4 Å². The fourth-order valence-corrected chi connectivity index (χ4v) is 1.37. The zero-order valence-electron chi connectivity index (χ0n) is 9.01. The first-order valence-corrected chi connectivity index (χ1v) is 5.20. The summed E-state index contributed by atoms with van der Waals surface area (Å²) >= 11 is 0. The van der Waals surface area contributed by atoms with Gasteiger partial charge in [-0.1, -0.05) is 6.92 Å². The predicted molar refractivity (Wildman–Crippen MR) is 55.0 cm³/mol. The fourth-order valence-electron chi connectivity index (χ4n) is 1.37. The standard InChI is InChI=1S/C10H20N2O2/c1-8-5-9(8)6-12-10(13)7-11-3-4-14-2/h8-9,11H,3-7H2,1-2H3,(H,12,13). The Morgan fingerprint density at radius 1 is 1.57 bits per heavy atom. The van der Waals surface area contributed by atoms with Gasteiger partial charge in [0.25, 0.3) is 0 Å². The van der Waals surface area contributed by atoms with E-state index in [-0.39, 0.29) is 5.91 Å². The first-order chi connectivity index (χ1) is 6.74. The van der Waals surface area contributed by atoms with Gasteiger partial charge in [-0.25, -0.2) is 0 Å². The molecule has 0 aromatic carbocycles. The smallest absolute Gasteiger partial charge is 0.233 e. The minimum Gasteiger partial charge on any atom is -0.383 e. The number of carbonyl (C=O) groups is 1. The van der Waals surface area contributed by atoms with Gasteiger partial charge in [-0.05, 0) is 18.3 Å². The summed E-state index contributed by atoms with van der Waals surface area (Å²) in [6.07, 6.45) is 1.26. The summed E-state index contributed by atoms with van der Waals surface area (Å²) in [4.78, 5) is 11.2. The van der Waals surface area contributed by atoms with Gasteiger partial charge < -0.3 is 15.4 Å². The van der Waals surface area contributed by atoms with Gasteiger partial charge in [0.1, 0.15) is 0 Å². The first-order valence-electron chi connectivity index (χ1n) is 5.20. The molecule has 0 aromatic heterocycles. The van der Waals surface area contributed by atoms with Crippen LogP contribution in [0.3, 0.4) is 0 Å². The molecule has 0 aromatic rings. The quantitative estimate of drug-likeness (QED) is 0.569. The number of amides is 1. The molecular weight excluding hydrogens is 180 g/mol. The lowest BCUT2D eigenvalue weighted by molar-refractivity contribution is -0.120. The molecule has 0 aliphatic heterocycles. The van der Waals surface area contributed by atoms with E-state index in [0.717, 1.165) is 24.9 Å². The molecule has 1 aliphatic carbocycles. The van der Waals surface area contributed by atoms with Crippen molar-refractivity contribution in [2.24, 2.45) is 11.8 Å². The van der Waals surface area contributed by atoms with Crippen molar-refractivity contribution >= 4 is 5.91 Å². The largest absolute Gasteiger partial charge is 0.383 e. The molecule has 0 radical (unpaired) electrons. The van der Waals surface area contributed by atoms with Crippen LogP contribution in [0, 0.1) is 11.8 Å². The number of ether oxygens (including phenoxy) is 1. The van der Waals surface area contributed by atoms with Crippen LogP contribution in [0.1, 0.15) is 13.3 Å². The molecule has 14 heavy (non-hydrogen) atoms. The van der Waals surface area contributed by atoms with E-state index in [2.05, 4.69) is 17.6 Å². The molecule has 1 fully saturated rings. The lowest BCUT2D eigenvalue weighted by Gasteiger charge is -2.05. The van der Waals surface area contributed by atoms with Crippen molar-refractivity contribution < 1.29 is 9.53 Å². The molecule has 1 aliphatic rings. The molecule has 4 heteroatoms. The highest BCUT2D eigenvalue weighted by atomic mass is 16.5. The number of hydrogen-bond donors (Lipinski definition) is 2. The third-order valence-electron chi connectivity index (χ3n) is 2.61. The van der Waals surface area contributed by atoms with Crippen molar-refractivity contribution in [2.45, 2.75) is 13.3 Å². The minimum absolute atomic E-state index is 0.0835. The Bertz CT molecular complexity index is 185. The lowest BCUT2D eigenvalue weighted by atomic mass is 10.3. The van der Waals surface area contributed by atoms with Crippen molar-refractivity contribution in [3.63, 3.8) is 0 Å². The molecular formula is C10H20N2O2. The van der Waals surface area contributed by atoms with E-state index in [1.54, 1.807) is 7.11 Å². The van der Waals surface area contributed by atoms with E-state index in [9.17, 15) is 4.79 Å². The number of hydrogen-bond acceptors (Lipinski definition) is 3. The normalized spacial score (nSPS) is 24.7. The van der Waals surface area contributed by atoms with Gasteiger partial charge in [0.05, 0.1) is 13.2 Å². The molecule has 4 nitrogen and oxygen atoms in total. The van der Waals surface area contributed by atoms with Gasteiger partial charge in [-0.3, -0.25) is 4.79 Å². The van der Waals surface area contributed by atoms with Crippen LogP contribution in [0.4, 0.5) is 0 Å². The summed E-state index contributed by atoms with van der Waals surface area (Å²) in [6, 6.07) is 0. The second-order valence-corrected chi connectivity index (χ2v) is 3.95. The molecule has 82 valence electrons. The van der Waals surface area contributed by atoms with E-state index in [4.69, 9.17) is 4.74 Å². The van der Waals surface area contributed by atoms with E-state index in [0.29, 0.717) is 13.2 Å². The van der Waals surface area contributed by atoms with E-state index in [1.165, 1.54) is 6.42 Å². The van der Waals surface area contributed by atoms with E-state index < -0.39 is 0 Å². The Hall–Kier alpha value is -0.610. The summed E-state index contributed by atoms with van der Waals surface area (Å²) in [5.74, 6) is 1.61. The molecule has 1 rings (SSSR count). The van der Waals surface area contributed by atoms with Crippen LogP contribution in [-0.2, 0) is 9.53 Å². The van der Waals surface area contributed by atoms with Crippen molar-refractivity contribution in [3.8, 4) is 0 Å². The van der Waals surface area contributed by atoms with Crippen LogP contribution < -0.4 is 10.6 Å². The predicted octanol–water partition coefficient (Wildman–Crippen LogP) is -0.00540. The molecule has 1 amide bonds. The summed E-state index contributed by atoms with van der Waals surface area (Å²) in [5, 5.41) is 5.91. The number of methoxy groups -OCH3 is 1. The molecule has 0 spiro atoms. The highest BCUT2D eigenvalue weighted by Gasteiger charge is 2.32. The van der Waals surface area contributed by atoms with E-state index in [1.807, 2.05) is 0 Å². The lowest BCUT2D eigenvalue weighted by Crippen LogP contribution is -2.36. The molecule has 0 bridgehead atoms. The minimum atomic E-state index is 0.0835. The van der Waals surface area contributed by atoms with Gasteiger partial charge in [0.2, 0.25) is 5.91 Å².